The molecule has 1 fully saturated rings. The van der Waals surface area contributed by atoms with Gasteiger partial charge < -0.3 is 25.3 Å². The summed E-state index contributed by atoms with van der Waals surface area (Å²) >= 11 is 0. The predicted molar refractivity (Wildman–Crippen MR) is 59.1 cm³/mol. The van der Waals surface area contributed by atoms with E-state index in [9.17, 15) is 14.7 Å². The number of carbonyl (C=O) groups is 2. The number of aliphatic carboxylic acids is 1. The fourth-order valence-corrected chi connectivity index (χ4v) is 1.71. The first-order valence-corrected chi connectivity index (χ1v) is 5.69. The summed E-state index contributed by atoms with van der Waals surface area (Å²) in [6.45, 7) is 6.25. The van der Waals surface area contributed by atoms with Gasteiger partial charge in [0.1, 0.15) is 5.60 Å². The van der Waals surface area contributed by atoms with E-state index >= 15 is 0 Å². The molecule has 1 aliphatic rings. The van der Waals surface area contributed by atoms with Gasteiger partial charge in [-0.2, -0.15) is 0 Å². The molecular weight excluding hydrogens is 224 g/mol. The number of nitrogens with one attached hydrogen (secondary N) is 2. The van der Waals surface area contributed by atoms with Crippen molar-refractivity contribution in [3.8, 4) is 0 Å². The van der Waals surface area contributed by atoms with E-state index < -0.39 is 23.6 Å². The molecule has 0 radical (unpaired) electrons. The van der Waals surface area contributed by atoms with Gasteiger partial charge in [0.2, 0.25) is 0 Å². The lowest BCUT2D eigenvalue weighted by Crippen LogP contribution is -2.53. The third kappa shape index (κ3) is 5.04. The van der Waals surface area contributed by atoms with Crippen molar-refractivity contribution in [1.29, 1.82) is 0 Å². The van der Waals surface area contributed by atoms with Gasteiger partial charge in [0.05, 0.1) is 0 Å². The molecule has 1 aliphatic heterocycles. The van der Waals surface area contributed by atoms with Crippen molar-refractivity contribution >= 4 is 12.1 Å². The van der Waals surface area contributed by atoms with Crippen LogP contribution in [0.2, 0.25) is 0 Å². The number of ether oxygens (including phenoxy) is 1. The number of alkyl carbamates (subject to hydrolysis) is 1. The summed E-state index contributed by atoms with van der Waals surface area (Å²) in [6, 6.07) is -0.235. The summed E-state index contributed by atoms with van der Waals surface area (Å²) in [5.41, 5.74) is -0.556. The Morgan fingerprint density at radius 2 is 2.00 bits per heavy atom. The van der Waals surface area contributed by atoms with Crippen LogP contribution in [-0.4, -0.2) is 36.8 Å². The molecule has 98 valence electrons. The highest BCUT2D eigenvalue weighted by Gasteiger charge is 2.25. The largest absolute Gasteiger partial charge is 0.550 e. The molecule has 2 N–H and O–H groups in total. The lowest BCUT2D eigenvalue weighted by molar-refractivity contribution is -0.312. The first-order chi connectivity index (χ1) is 7.78. The van der Waals surface area contributed by atoms with Crippen LogP contribution in [0.15, 0.2) is 0 Å². The number of hydrogen-bond acceptors (Lipinski definition) is 5. The molecule has 1 amide bonds. The van der Waals surface area contributed by atoms with Gasteiger partial charge in [0.25, 0.3) is 0 Å². The molecule has 0 aromatic rings. The summed E-state index contributed by atoms with van der Waals surface area (Å²) in [7, 11) is 0. The van der Waals surface area contributed by atoms with Crippen molar-refractivity contribution in [1.82, 2.24) is 10.6 Å². The fourth-order valence-electron chi connectivity index (χ4n) is 1.71. The molecule has 6 nitrogen and oxygen atoms in total. The molecule has 1 rings (SSSR count). The van der Waals surface area contributed by atoms with Crippen LogP contribution in [-0.2, 0) is 9.53 Å². The molecular formula is C11H19N2O4-. The van der Waals surface area contributed by atoms with Crippen molar-refractivity contribution in [2.45, 2.75) is 38.8 Å². The molecule has 1 heterocycles. The van der Waals surface area contributed by atoms with Gasteiger partial charge in [-0.25, -0.2) is 4.79 Å². The molecule has 0 aromatic heterocycles. The number of carboxylic acid groups (broad SMARTS) is 1. The maximum Gasteiger partial charge on any atom is 0.407 e. The molecule has 0 bridgehead atoms. The Hall–Kier alpha value is -1.30. The van der Waals surface area contributed by atoms with Crippen LogP contribution in [0.5, 0.6) is 0 Å². The van der Waals surface area contributed by atoms with Crippen LogP contribution in [0.25, 0.3) is 0 Å². The van der Waals surface area contributed by atoms with E-state index in [2.05, 4.69) is 10.6 Å². The van der Waals surface area contributed by atoms with Gasteiger partial charge in [-0.15, -0.1) is 0 Å². The summed E-state index contributed by atoms with van der Waals surface area (Å²) in [5.74, 6) is -1.66. The van der Waals surface area contributed by atoms with Crippen LogP contribution >= 0.6 is 0 Å². The van der Waals surface area contributed by atoms with E-state index in [1.165, 1.54) is 0 Å². The van der Waals surface area contributed by atoms with E-state index in [4.69, 9.17) is 4.74 Å². The average molecular weight is 243 g/mol. The zero-order valence-corrected chi connectivity index (χ0v) is 10.4. The van der Waals surface area contributed by atoms with E-state index in [0.29, 0.717) is 19.5 Å². The number of carboxylic acids is 1. The summed E-state index contributed by atoms with van der Waals surface area (Å²) in [4.78, 5) is 22.2. The second-order valence-corrected chi connectivity index (χ2v) is 5.25. The van der Waals surface area contributed by atoms with Gasteiger partial charge in [0, 0.05) is 31.0 Å². The highest BCUT2D eigenvalue weighted by Crippen LogP contribution is 2.11. The molecule has 0 aromatic carbocycles. The smallest absolute Gasteiger partial charge is 0.407 e. The van der Waals surface area contributed by atoms with Crippen molar-refractivity contribution in [3.63, 3.8) is 0 Å². The Kier molecular flexibility index (Phi) is 4.34. The predicted octanol–water partition coefficient (Wildman–Crippen LogP) is -0.761. The van der Waals surface area contributed by atoms with Crippen molar-refractivity contribution in [2.75, 3.05) is 13.1 Å². The molecule has 1 saturated heterocycles. The zero-order valence-electron chi connectivity index (χ0n) is 10.4. The Labute approximate surface area is 101 Å². The van der Waals surface area contributed by atoms with Gasteiger partial charge in [-0.05, 0) is 27.2 Å². The number of hydrogen-bond donors (Lipinski definition) is 2. The maximum atomic E-state index is 11.5. The van der Waals surface area contributed by atoms with Crippen LogP contribution in [0, 0.1) is 5.92 Å². The van der Waals surface area contributed by atoms with Crippen molar-refractivity contribution in [3.05, 3.63) is 0 Å². The monoisotopic (exact) mass is 243 g/mol. The molecule has 2 unspecified atom stereocenters. The zero-order chi connectivity index (χ0) is 13.1. The molecule has 0 saturated carbocycles. The number of carbonyl (C=O) groups excluding carboxylic acids is 2. The number of rotatable bonds is 2. The Morgan fingerprint density at radius 1 is 1.35 bits per heavy atom. The van der Waals surface area contributed by atoms with Gasteiger partial charge in [0.15, 0.2) is 0 Å². The second kappa shape index (κ2) is 5.35. The van der Waals surface area contributed by atoms with Crippen molar-refractivity contribution in [2.24, 2.45) is 5.92 Å². The third-order valence-electron chi connectivity index (χ3n) is 2.40. The Balaban J connectivity index is 2.41. The van der Waals surface area contributed by atoms with Gasteiger partial charge >= 0.3 is 6.09 Å². The maximum absolute atomic E-state index is 11.5. The normalized spacial score (nSPS) is 25.1. The molecule has 6 heteroatoms. The molecule has 0 aliphatic carbocycles. The minimum absolute atomic E-state index is 0.235. The van der Waals surface area contributed by atoms with Gasteiger partial charge in [-0.3, -0.25) is 0 Å². The minimum atomic E-state index is -1.09. The van der Waals surface area contributed by atoms with E-state index in [1.807, 2.05) is 0 Å². The Morgan fingerprint density at radius 3 is 2.53 bits per heavy atom. The third-order valence-corrected chi connectivity index (χ3v) is 2.40. The number of piperidine rings is 1. The highest BCUT2D eigenvalue weighted by molar-refractivity contribution is 5.70. The fraction of sp³-hybridized carbons (Fsp3) is 0.818. The lowest BCUT2D eigenvalue weighted by atomic mass is 9.96. The SMILES string of the molecule is CC(C)(C)OC(=O)NC1CNCC(C(=O)[O-])C1. The number of amides is 1. The van der Waals surface area contributed by atoms with Crippen LogP contribution < -0.4 is 15.7 Å². The second-order valence-electron chi connectivity index (χ2n) is 5.25. The average Bonchev–Trinajstić information content (AvgIpc) is 2.14. The Bertz CT molecular complexity index is 298. The highest BCUT2D eigenvalue weighted by atomic mass is 16.6. The summed E-state index contributed by atoms with van der Waals surface area (Å²) < 4.78 is 5.10. The first kappa shape index (κ1) is 13.8. The van der Waals surface area contributed by atoms with Crippen LogP contribution in [0.4, 0.5) is 4.79 Å². The summed E-state index contributed by atoms with van der Waals surface area (Å²) in [6.07, 6.45) is -0.155. The summed E-state index contributed by atoms with van der Waals surface area (Å²) in [5, 5.41) is 16.3. The van der Waals surface area contributed by atoms with E-state index in [1.54, 1.807) is 20.8 Å². The molecule has 2 atom stereocenters. The van der Waals surface area contributed by atoms with Gasteiger partial charge in [-0.1, -0.05) is 0 Å². The lowest BCUT2D eigenvalue weighted by Gasteiger charge is -2.31. The standard InChI is InChI=1S/C11H20N2O4/c1-11(2,3)17-10(16)13-8-4-7(9(14)15)5-12-6-8/h7-8,12H,4-6H2,1-3H3,(H,13,16)(H,14,15)/p-1. The molecule has 0 spiro atoms. The van der Waals surface area contributed by atoms with Crippen molar-refractivity contribution < 1.29 is 19.4 Å². The van der Waals surface area contributed by atoms with E-state index in [0.717, 1.165) is 0 Å². The quantitative estimate of drug-likeness (QED) is 0.665. The topological polar surface area (TPSA) is 90.5 Å². The molecule has 17 heavy (non-hydrogen) atoms. The minimum Gasteiger partial charge on any atom is -0.550 e. The first-order valence-electron chi connectivity index (χ1n) is 5.69. The van der Waals surface area contributed by atoms with E-state index in [-0.39, 0.29) is 6.04 Å². The van der Waals surface area contributed by atoms with Crippen LogP contribution in [0.3, 0.4) is 0 Å². The van der Waals surface area contributed by atoms with Crippen LogP contribution in [0.1, 0.15) is 27.2 Å².